The lowest BCUT2D eigenvalue weighted by atomic mass is 9.97. The van der Waals surface area contributed by atoms with Gasteiger partial charge in [-0.2, -0.15) is 0 Å². The van der Waals surface area contributed by atoms with Crippen molar-refractivity contribution in [2.45, 2.75) is 32.6 Å². The molecule has 0 N–H and O–H groups in total. The highest BCUT2D eigenvalue weighted by Gasteiger charge is 2.25. The van der Waals surface area contributed by atoms with E-state index in [1.165, 1.54) is 32.5 Å². The zero-order valence-electron chi connectivity index (χ0n) is 14.0. The molecule has 2 fully saturated rings. The van der Waals surface area contributed by atoms with Gasteiger partial charge in [0.2, 0.25) is 5.89 Å². The summed E-state index contributed by atoms with van der Waals surface area (Å²) >= 11 is 0. The standard InChI is InChI=1S/C16H29N5O/c1-3-5-15-17-18-16(22-15)21-10-8-20(9-11-21)13-14-6-4-7-19(2)12-14/h14H,3-13H2,1-2H3/t14-/m1/s1. The van der Waals surface area contributed by atoms with Crippen LogP contribution in [0.5, 0.6) is 0 Å². The molecule has 2 aliphatic heterocycles. The molecule has 0 bridgehead atoms. The molecule has 22 heavy (non-hydrogen) atoms. The van der Waals surface area contributed by atoms with Crippen molar-refractivity contribution in [1.29, 1.82) is 0 Å². The zero-order chi connectivity index (χ0) is 15.4. The van der Waals surface area contributed by atoms with Crippen LogP contribution in [-0.4, -0.2) is 72.9 Å². The van der Waals surface area contributed by atoms with Crippen molar-refractivity contribution in [2.75, 3.05) is 57.8 Å². The van der Waals surface area contributed by atoms with Gasteiger partial charge in [0.15, 0.2) is 0 Å². The molecule has 0 aliphatic carbocycles. The van der Waals surface area contributed by atoms with E-state index in [0.29, 0.717) is 6.01 Å². The van der Waals surface area contributed by atoms with Crippen LogP contribution >= 0.6 is 0 Å². The average molecular weight is 307 g/mol. The summed E-state index contributed by atoms with van der Waals surface area (Å²) in [6.45, 7) is 10.1. The van der Waals surface area contributed by atoms with Crippen molar-refractivity contribution >= 4 is 6.01 Å². The number of hydrogen-bond donors (Lipinski definition) is 0. The van der Waals surface area contributed by atoms with Gasteiger partial charge in [-0.3, -0.25) is 4.90 Å². The Morgan fingerprint density at radius 3 is 2.68 bits per heavy atom. The Balaban J connectivity index is 1.45. The second kappa shape index (κ2) is 7.42. The van der Waals surface area contributed by atoms with Crippen LogP contribution in [0.3, 0.4) is 0 Å². The zero-order valence-corrected chi connectivity index (χ0v) is 14.0. The van der Waals surface area contributed by atoms with Crippen LogP contribution in [0.15, 0.2) is 4.42 Å². The van der Waals surface area contributed by atoms with Crippen LogP contribution in [-0.2, 0) is 6.42 Å². The molecule has 0 amide bonds. The molecular weight excluding hydrogens is 278 g/mol. The Kier molecular flexibility index (Phi) is 5.31. The van der Waals surface area contributed by atoms with E-state index in [1.807, 2.05) is 0 Å². The minimum atomic E-state index is 0.709. The van der Waals surface area contributed by atoms with Gasteiger partial charge >= 0.3 is 6.01 Å². The number of hydrogen-bond acceptors (Lipinski definition) is 6. The van der Waals surface area contributed by atoms with Gasteiger partial charge in [0, 0.05) is 45.7 Å². The fraction of sp³-hybridized carbons (Fsp3) is 0.875. The molecular formula is C16H29N5O. The molecule has 3 heterocycles. The summed E-state index contributed by atoms with van der Waals surface area (Å²) in [5, 5.41) is 8.32. The second-order valence-electron chi connectivity index (χ2n) is 6.79. The number of piperazine rings is 1. The first-order chi connectivity index (χ1) is 10.7. The fourth-order valence-corrected chi connectivity index (χ4v) is 3.60. The number of aryl methyl sites for hydroxylation is 1. The molecule has 0 saturated carbocycles. The summed E-state index contributed by atoms with van der Waals surface area (Å²) in [6, 6.07) is 0.709. The number of piperidine rings is 1. The smallest absolute Gasteiger partial charge is 0.318 e. The van der Waals surface area contributed by atoms with E-state index in [4.69, 9.17) is 4.42 Å². The van der Waals surface area contributed by atoms with Crippen molar-refractivity contribution in [3.8, 4) is 0 Å². The van der Waals surface area contributed by atoms with Gasteiger partial charge in [0.1, 0.15) is 0 Å². The summed E-state index contributed by atoms with van der Waals surface area (Å²) in [6.07, 6.45) is 4.66. The molecule has 0 unspecified atom stereocenters. The van der Waals surface area contributed by atoms with Crippen LogP contribution in [0, 0.1) is 5.92 Å². The Morgan fingerprint density at radius 2 is 1.95 bits per heavy atom. The SMILES string of the molecule is CCCc1nnc(N2CCN(C[C@@H]3CCCN(C)C3)CC2)o1. The number of rotatable bonds is 5. The van der Waals surface area contributed by atoms with E-state index in [-0.39, 0.29) is 0 Å². The third kappa shape index (κ3) is 3.98. The Labute approximate surface area is 133 Å². The maximum atomic E-state index is 5.74. The monoisotopic (exact) mass is 307 g/mol. The van der Waals surface area contributed by atoms with Crippen molar-refractivity contribution in [2.24, 2.45) is 5.92 Å². The maximum Gasteiger partial charge on any atom is 0.318 e. The fourth-order valence-electron chi connectivity index (χ4n) is 3.60. The van der Waals surface area contributed by atoms with Gasteiger partial charge in [-0.05, 0) is 38.8 Å². The Hall–Kier alpha value is -1.14. The van der Waals surface area contributed by atoms with Crippen LogP contribution < -0.4 is 4.90 Å². The summed E-state index contributed by atoms with van der Waals surface area (Å²) < 4.78 is 5.74. The van der Waals surface area contributed by atoms with Crippen molar-refractivity contribution in [3.63, 3.8) is 0 Å². The van der Waals surface area contributed by atoms with E-state index in [2.05, 4.69) is 38.9 Å². The first kappa shape index (κ1) is 15.7. The van der Waals surface area contributed by atoms with Crippen LogP contribution in [0.1, 0.15) is 32.1 Å². The van der Waals surface area contributed by atoms with Gasteiger partial charge in [0.25, 0.3) is 0 Å². The van der Waals surface area contributed by atoms with Gasteiger partial charge in [-0.15, -0.1) is 5.10 Å². The summed E-state index contributed by atoms with van der Waals surface area (Å²) in [7, 11) is 2.24. The third-order valence-corrected chi connectivity index (χ3v) is 4.80. The molecule has 1 atom stereocenters. The minimum Gasteiger partial charge on any atom is -0.408 e. The van der Waals surface area contributed by atoms with E-state index in [0.717, 1.165) is 50.8 Å². The molecule has 0 spiro atoms. The van der Waals surface area contributed by atoms with Crippen molar-refractivity contribution < 1.29 is 4.42 Å². The lowest BCUT2D eigenvalue weighted by Crippen LogP contribution is -2.49. The maximum absolute atomic E-state index is 5.74. The summed E-state index contributed by atoms with van der Waals surface area (Å²) in [4.78, 5) is 7.30. The Morgan fingerprint density at radius 1 is 1.14 bits per heavy atom. The average Bonchev–Trinajstić information content (AvgIpc) is 2.97. The largest absolute Gasteiger partial charge is 0.408 e. The molecule has 6 heteroatoms. The first-order valence-electron chi connectivity index (χ1n) is 8.73. The topological polar surface area (TPSA) is 48.6 Å². The molecule has 0 aromatic carbocycles. The van der Waals surface area contributed by atoms with Gasteiger partial charge in [0.05, 0.1) is 0 Å². The number of anilines is 1. The lowest BCUT2D eigenvalue weighted by molar-refractivity contribution is 0.146. The molecule has 0 radical (unpaired) electrons. The van der Waals surface area contributed by atoms with Crippen LogP contribution in [0.25, 0.3) is 0 Å². The molecule has 2 aliphatic rings. The number of aromatic nitrogens is 2. The predicted octanol–water partition coefficient (Wildman–Crippen LogP) is 1.49. The first-order valence-corrected chi connectivity index (χ1v) is 8.73. The Bertz CT molecular complexity index is 455. The number of nitrogens with zero attached hydrogens (tertiary/aromatic N) is 5. The van der Waals surface area contributed by atoms with Crippen LogP contribution in [0.4, 0.5) is 6.01 Å². The molecule has 1 aromatic heterocycles. The van der Waals surface area contributed by atoms with Crippen LogP contribution in [0.2, 0.25) is 0 Å². The normalized spacial score (nSPS) is 24.8. The third-order valence-electron chi connectivity index (χ3n) is 4.80. The summed E-state index contributed by atoms with van der Waals surface area (Å²) in [5.41, 5.74) is 0. The van der Waals surface area contributed by atoms with Crippen molar-refractivity contribution in [3.05, 3.63) is 5.89 Å². The second-order valence-corrected chi connectivity index (χ2v) is 6.79. The molecule has 124 valence electrons. The molecule has 2 saturated heterocycles. The summed E-state index contributed by atoms with van der Waals surface area (Å²) in [5.74, 6) is 1.61. The quantitative estimate of drug-likeness (QED) is 0.821. The lowest BCUT2D eigenvalue weighted by Gasteiger charge is -2.38. The van der Waals surface area contributed by atoms with E-state index < -0.39 is 0 Å². The predicted molar refractivity (Wildman–Crippen MR) is 87.2 cm³/mol. The van der Waals surface area contributed by atoms with Crippen molar-refractivity contribution in [1.82, 2.24) is 20.0 Å². The highest BCUT2D eigenvalue weighted by atomic mass is 16.4. The van der Waals surface area contributed by atoms with Gasteiger partial charge in [-0.25, -0.2) is 0 Å². The van der Waals surface area contributed by atoms with Gasteiger partial charge < -0.3 is 14.2 Å². The van der Waals surface area contributed by atoms with E-state index in [9.17, 15) is 0 Å². The highest BCUT2D eigenvalue weighted by Crippen LogP contribution is 2.19. The minimum absolute atomic E-state index is 0.709. The van der Waals surface area contributed by atoms with E-state index in [1.54, 1.807) is 0 Å². The highest BCUT2D eigenvalue weighted by molar-refractivity contribution is 5.25. The molecule has 3 rings (SSSR count). The molecule has 6 nitrogen and oxygen atoms in total. The molecule has 1 aromatic rings. The van der Waals surface area contributed by atoms with E-state index >= 15 is 0 Å². The van der Waals surface area contributed by atoms with Gasteiger partial charge in [-0.1, -0.05) is 12.0 Å². The number of likely N-dealkylation sites (tertiary alicyclic amines) is 1.